The lowest BCUT2D eigenvalue weighted by atomic mass is 9.93. The maximum absolute atomic E-state index is 13.3. The van der Waals surface area contributed by atoms with Gasteiger partial charge in [0.25, 0.3) is 15.9 Å². The third-order valence-corrected chi connectivity index (χ3v) is 7.61. The van der Waals surface area contributed by atoms with Crippen molar-refractivity contribution in [3.63, 3.8) is 0 Å². The quantitative estimate of drug-likeness (QED) is 0.544. The van der Waals surface area contributed by atoms with Crippen molar-refractivity contribution >= 4 is 27.6 Å². The van der Waals surface area contributed by atoms with E-state index in [0.29, 0.717) is 29.9 Å². The first-order chi connectivity index (χ1) is 16.2. The van der Waals surface area contributed by atoms with Crippen LogP contribution in [-0.4, -0.2) is 52.7 Å². The summed E-state index contributed by atoms with van der Waals surface area (Å²) in [5.74, 6) is 1.13. The molecule has 2 N–H and O–H groups in total. The number of amides is 1. The summed E-state index contributed by atoms with van der Waals surface area (Å²) in [4.78, 5) is 24.4. The van der Waals surface area contributed by atoms with Crippen LogP contribution in [-0.2, 0) is 10.0 Å². The number of aromatic nitrogens is 4. The van der Waals surface area contributed by atoms with Crippen molar-refractivity contribution in [1.29, 1.82) is 0 Å². The van der Waals surface area contributed by atoms with E-state index in [2.05, 4.69) is 38.9 Å². The maximum atomic E-state index is 13.3. The number of carbonyl (C=O) groups excluding carboxylic acids is 1. The Kier molecular flexibility index (Phi) is 5.51. The summed E-state index contributed by atoms with van der Waals surface area (Å²) in [6.07, 6.45) is 6.27. The zero-order valence-electron chi connectivity index (χ0n) is 19.1. The first kappa shape index (κ1) is 22.3. The number of hydrogen-bond acceptors (Lipinski definition) is 8. The normalized spacial score (nSPS) is 21.5. The van der Waals surface area contributed by atoms with Gasteiger partial charge in [0, 0.05) is 31.0 Å². The standard InChI is InChI=1S/C23H27N7O3S/c1-23(2)14-16-6-4-11-24-18-7-3-8-20(26-18)34(32,33)28-22(31)17-9-10-19(30-13-5-12-25-30)27-21(17)29(23)15-16/h3,5,7-10,12-13,16H,4,6,11,14-15H2,1-2H3,(H,24,26)(H,28,31). The lowest BCUT2D eigenvalue weighted by Crippen LogP contribution is -2.41. The second-order valence-corrected chi connectivity index (χ2v) is 11.0. The van der Waals surface area contributed by atoms with E-state index < -0.39 is 15.9 Å². The van der Waals surface area contributed by atoms with Gasteiger partial charge in [-0.1, -0.05) is 6.07 Å². The van der Waals surface area contributed by atoms with E-state index in [1.165, 1.54) is 6.07 Å². The van der Waals surface area contributed by atoms with Crippen LogP contribution in [0.25, 0.3) is 5.82 Å². The average Bonchev–Trinajstić information content (AvgIpc) is 3.43. The van der Waals surface area contributed by atoms with Gasteiger partial charge in [-0.25, -0.2) is 19.4 Å². The zero-order chi connectivity index (χ0) is 23.9. The topological polar surface area (TPSA) is 122 Å². The van der Waals surface area contributed by atoms with Gasteiger partial charge >= 0.3 is 0 Å². The molecule has 2 aliphatic heterocycles. The fraction of sp³-hybridized carbons (Fsp3) is 0.391. The van der Waals surface area contributed by atoms with Gasteiger partial charge in [0.2, 0.25) is 0 Å². The number of nitrogens with one attached hydrogen (secondary N) is 2. The van der Waals surface area contributed by atoms with Crippen molar-refractivity contribution in [3.8, 4) is 5.82 Å². The first-order valence-electron chi connectivity index (χ1n) is 11.3. The van der Waals surface area contributed by atoms with Crippen LogP contribution in [0.3, 0.4) is 0 Å². The molecule has 5 rings (SSSR count). The predicted octanol–water partition coefficient (Wildman–Crippen LogP) is 2.59. The molecule has 10 nitrogen and oxygen atoms in total. The molecule has 0 saturated carbocycles. The molecule has 178 valence electrons. The highest BCUT2D eigenvalue weighted by Gasteiger charge is 2.40. The highest BCUT2D eigenvalue weighted by Crippen LogP contribution is 2.39. The van der Waals surface area contributed by atoms with Gasteiger partial charge in [0.15, 0.2) is 10.8 Å². The summed E-state index contributed by atoms with van der Waals surface area (Å²) < 4.78 is 29.8. The highest BCUT2D eigenvalue weighted by molar-refractivity contribution is 7.90. The second kappa shape index (κ2) is 8.39. The van der Waals surface area contributed by atoms with E-state index in [9.17, 15) is 13.2 Å². The molecule has 1 saturated heterocycles. The van der Waals surface area contributed by atoms with Crippen LogP contribution in [0, 0.1) is 5.92 Å². The first-order valence-corrected chi connectivity index (χ1v) is 12.8. The fourth-order valence-corrected chi connectivity index (χ4v) is 5.74. The van der Waals surface area contributed by atoms with Crippen molar-refractivity contribution in [3.05, 3.63) is 54.4 Å². The van der Waals surface area contributed by atoms with Gasteiger partial charge in [-0.2, -0.15) is 13.5 Å². The van der Waals surface area contributed by atoms with Crippen LogP contribution < -0.4 is 14.9 Å². The fourth-order valence-electron chi connectivity index (χ4n) is 4.81. The van der Waals surface area contributed by atoms with Gasteiger partial charge in [0.05, 0.1) is 5.56 Å². The Morgan fingerprint density at radius 1 is 1.12 bits per heavy atom. The van der Waals surface area contributed by atoms with Crippen LogP contribution >= 0.6 is 0 Å². The van der Waals surface area contributed by atoms with Gasteiger partial charge in [-0.05, 0) is 69.4 Å². The minimum Gasteiger partial charge on any atom is -0.370 e. The van der Waals surface area contributed by atoms with E-state index in [4.69, 9.17) is 4.98 Å². The molecule has 1 fully saturated rings. The summed E-state index contributed by atoms with van der Waals surface area (Å²) in [5.41, 5.74) is -0.0673. The second-order valence-electron chi connectivity index (χ2n) is 9.35. The van der Waals surface area contributed by atoms with Crippen LogP contribution in [0.1, 0.15) is 43.5 Å². The Hall–Kier alpha value is -3.47. The zero-order valence-corrected chi connectivity index (χ0v) is 19.9. The minimum atomic E-state index is -4.18. The molecule has 1 atom stereocenters. The Balaban J connectivity index is 1.62. The lowest BCUT2D eigenvalue weighted by molar-refractivity contribution is 0.0981. The summed E-state index contributed by atoms with van der Waals surface area (Å²) in [5, 5.41) is 7.23. The van der Waals surface area contributed by atoms with Gasteiger partial charge in [-0.3, -0.25) is 4.79 Å². The van der Waals surface area contributed by atoms with E-state index in [1.54, 1.807) is 47.4 Å². The number of pyridine rings is 2. The van der Waals surface area contributed by atoms with Crippen LogP contribution in [0.4, 0.5) is 11.6 Å². The Morgan fingerprint density at radius 2 is 1.97 bits per heavy atom. The largest absolute Gasteiger partial charge is 0.370 e. The monoisotopic (exact) mass is 481 g/mol. The molecule has 0 radical (unpaired) electrons. The van der Waals surface area contributed by atoms with Crippen molar-refractivity contribution in [1.82, 2.24) is 24.5 Å². The van der Waals surface area contributed by atoms with Gasteiger partial charge in [0.1, 0.15) is 11.6 Å². The molecule has 34 heavy (non-hydrogen) atoms. The van der Waals surface area contributed by atoms with Crippen LogP contribution in [0.2, 0.25) is 0 Å². The van der Waals surface area contributed by atoms with Crippen molar-refractivity contribution < 1.29 is 13.2 Å². The van der Waals surface area contributed by atoms with Gasteiger partial charge < -0.3 is 10.2 Å². The van der Waals surface area contributed by atoms with Crippen molar-refractivity contribution in [2.45, 2.75) is 43.7 Å². The van der Waals surface area contributed by atoms with E-state index >= 15 is 0 Å². The Bertz CT molecular complexity index is 1320. The molecule has 0 aromatic carbocycles. The van der Waals surface area contributed by atoms with Crippen molar-refractivity contribution in [2.24, 2.45) is 5.92 Å². The SMILES string of the molecule is CC1(C)CC2CCCNc3cccc(n3)S(=O)(=O)NC(=O)c3ccc(-n4cccn4)nc3N1C2. The number of nitrogens with zero attached hydrogens (tertiary/aromatic N) is 5. The molecule has 4 bridgehead atoms. The molecule has 0 aliphatic carbocycles. The number of fused-ring (bicyclic) bond motifs is 6. The number of anilines is 2. The van der Waals surface area contributed by atoms with E-state index in [1.807, 2.05) is 0 Å². The summed E-state index contributed by atoms with van der Waals surface area (Å²) in [6.45, 7) is 5.66. The molecule has 3 aromatic heterocycles. The summed E-state index contributed by atoms with van der Waals surface area (Å²) in [6, 6.07) is 9.75. The maximum Gasteiger partial charge on any atom is 0.281 e. The predicted molar refractivity (Wildman–Crippen MR) is 128 cm³/mol. The summed E-state index contributed by atoms with van der Waals surface area (Å²) >= 11 is 0. The highest BCUT2D eigenvalue weighted by atomic mass is 32.2. The molecule has 1 amide bonds. The third kappa shape index (κ3) is 4.23. The van der Waals surface area contributed by atoms with Crippen LogP contribution in [0.15, 0.2) is 53.8 Å². The van der Waals surface area contributed by atoms with Gasteiger partial charge in [-0.15, -0.1) is 0 Å². The third-order valence-electron chi connectivity index (χ3n) is 6.38. The minimum absolute atomic E-state index is 0.192. The van der Waals surface area contributed by atoms with E-state index in [0.717, 1.165) is 25.8 Å². The molecular formula is C23H27N7O3S. The number of sulfonamides is 1. The number of hydrogen-bond donors (Lipinski definition) is 2. The average molecular weight is 482 g/mol. The molecular weight excluding hydrogens is 454 g/mol. The lowest BCUT2D eigenvalue weighted by Gasteiger charge is -2.34. The van der Waals surface area contributed by atoms with E-state index in [-0.39, 0.29) is 16.1 Å². The molecule has 0 spiro atoms. The number of carbonyl (C=O) groups is 1. The molecule has 11 heteroatoms. The van der Waals surface area contributed by atoms with Crippen molar-refractivity contribution in [2.75, 3.05) is 23.3 Å². The molecule has 5 heterocycles. The smallest absolute Gasteiger partial charge is 0.281 e. The summed E-state index contributed by atoms with van der Waals surface area (Å²) in [7, 11) is -4.18. The Labute approximate surface area is 198 Å². The van der Waals surface area contributed by atoms with Crippen LogP contribution in [0.5, 0.6) is 0 Å². The molecule has 3 aromatic rings. The molecule has 1 unspecified atom stereocenters. The number of rotatable bonds is 1. The Morgan fingerprint density at radius 3 is 2.76 bits per heavy atom. The molecule has 2 aliphatic rings.